The highest BCUT2D eigenvalue weighted by atomic mass is 16.5. The number of para-hydroxylation sites is 1. The smallest absolute Gasteiger partial charge is 0.271 e. The zero-order valence-corrected chi connectivity index (χ0v) is 13.0. The molecule has 126 valence electrons. The molecule has 0 atom stereocenters. The molecule has 8 nitrogen and oxygen atoms in total. The summed E-state index contributed by atoms with van der Waals surface area (Å²) in [6.07, 6.45) is 0.227. The number of carbonyl (C=O) groups is 2. The summed E-state index contributed by atoms with van der Waals surface area (Å²) >= 11 is 0. The Kier molecular flexibility index (Phi) is 6.51. The van der Waals surface area contributed by atoms with E-state index >= 15 is 0 Å². The van der Waals surface area contributed by atoms with Gasteiger partial charge in [-0.05, 0) is 18.2 Å². The Bertz CT molecular complexity index is 710. The first kappa shape index (κ1) is 17.2. The maximum atomic E-state index is 11.7. The maximum Gasteiger partial charge on any atom is 0.271 e. The molecule has 24 heavy (non-hydrogen) atoms. The van der Waals surface area contributed by atoms with E-state index in [0.29, 0.717) is 12.3 Å². The number of ether oxygens (including phenoxy) is 1. The number of carbonyl (C=O) groups excluding carboxylic acids is 2. The van der Waals surface area contributed by atoms with Crippen molar-refractivity contribution in [3.05, 3.63) is 58.5 Å². The molecule has 3 N–H and O–H groups in total. The third kappa shape index (κ3) is 5.91. The highest BCUT2D eigenvalue weighted by Crippen LogP contribution is 2.08. The summed E-state index contributed by atoms with van der Waals surface area (Å²) in [4.78, 5) is 34.2. The lowest BCUT2D eigenvalue weighted by Gasteiger charge is -2.08. The summed E-state index contributed by atoms with van der Waals surface area (Å²) in [6.45, 7) is 0.827. The van der Waals surface area contributed by atoms with E-state index in [1.54, 1.807) is 0 Å². The molecule has 8 heteroatoms. The first-order valence-electron chi connectivity index (χ1n) is 7.43. The summed E-state index contributed by atoms with van der Waals surface area (Å²) in [7, 11) is 0. The molecule has 2 amide bonds. The van der Waals surface area contributed by atoms with E-state index < -0.39 is 5.91 Å². The van der Waals surface area contributed by atoms with Crippen molar-refractivity contribution in [3.8, 4) is 5.75 Å². The number of H-pyrrole nitrogens is 1. The fourth-order valence-electron chi connectivity index (χ4n) is 1.81. The number of rotatable bonds is 8. The number of aromatic nitrogens is 2. The van der Waals surface area contributed by atoms with E-state index in [1.807, 2.05) is 30.3 Å². The van der Waals surface area contributed by atoms with Crippen LogP contribution in [0.15, 0.2) is 47.3 Å². The van der Waals surface area contributed by atoms with Gasteiger partial charge in [-0.1, -0.05) is 18.2 Å². The van der Waals surface area contributed by atoms with Gasteiger partial charge in [0.25, 0.3) is 11.5 Å². The highest BCUT2D eigenvalue weighted by molar-refractivity contribution is 5.91. The molecule has 1 aromatic carbocycles. The fourth-order valence-corrected chi connectivity index (χ4v) is 1.81. The van der Waals surface area contributed by atoms with Crippen LogP contribution in [0.4, 0.5) is 0 Å². The minimum Gasteiger partial charge on any atom is -0.493 e. The van der Waals surface area contributed by atoms with Crippen molar-refractivity contribution in [1.29, 1.82) is 0 Å². The number of hydrogen-bond acceptors (Lipinski definition) is 5. The van der Waals surface area contributed by atoms with Crippen LogP contribution in [-0.2, 0) is 4.79 Å². The fraction of sp³-hybridized carbons (Fsp3) is 0.250. The van der Waals surface area contributed by atoms with Gasteiger partial charge in [0, 0.05) is 19.2 Å². The Balaban J connectivity index is 1.58. The van der Waals surface area contributed by atoms with E-state index in [1.165, 1.54) is 12.1 Å². The number of benzene rings is 1. The summed E-state index contributed by atoms with van der Waals surface area (Å²) in [5.41, 5.74) is -0.270. The first-order valence-corrected chi connectivity index (χ1v) is 7.43. The summed E-state index contributed by atoms with van der Waals surface area (Å²) in [5.74, 6) is 0.126. The van der Waals surface area contributed by atoms with Crippen LogP contribution in [-0.4, -0.2) is 41.7 Å². The predicted octanol–water partition coefficient (Wildman–Crippen LogP) is 0.0850. The number of amides is 2. The second kappa shape index (κ2) is 9.09. The molecule has 0 spiro atoms. The second-order valence-electron chi connectivity index (χ2n) is 4.82. The molecule has 1 heterocycles. The van der Waals surface area contributed by atoms with Crippen LogP contribution in [0.3, 0.4) is 0 Å². The van der Waals surface area contributed by atoms with Crippen molar-refractivity contribution in [1.82, 2.24) is 20.8 Å². The molecular formula is C16H18N4O4. The van der Waals surface area contributed by atoms with E-state index in [2.05, 4.69) is 20.8 Å². The predicted molar refractivity (Wildman–Crippen MR) is 86.8 cm³/mol. The molecule has 0 bridgehead atoms. The molecule has 1 aromatic heterocycles. The molecule has 0 aliphatic carbocycles. The molecule has 0 aliphatic rings. The normalized spacial score (nSPS) is 10.0. The lowest BCUT2D eigenvalue weighted by molar-refractivity contribution is -0.121. The Morgan fingerprint density at radius 1 is 1.04 bits per heavy atom. The molecule has 0 saturated heterocycles. The van der Waals surface area contributed by atoms with Gasteiger partial charge >= 0.3 is 0 Å². The Labute approximate surface area is 138 Å². The first-order chi connectivity index (χ1) is 11.6. The topological polar surface area (TPSA) is 113 Å². The van der Waals surface area contributed by atoms with Gasteiger partial charge in [0.2, 0.25) is 5.91 Å². The monoisotopic (exact) mass is 330 g/mol. The van der Waals surface area contributed by atoms with Gasteiger partial charge in [-0.15, -0.1) is 0 Å². The molecule has 0 fully saturated rings. The molecular weight excluding hydrogens is 312 g/mol. The minimum absolute atomic E-state index is 0.109. The standard InChI is InChI=1S/C16H18N4O4/c21-14(8-11-24-12-4-2-1-3-5-12)17-9-10-18-16(23)13-6-7-15(22)20-19-13/h1-7H,8-11H2,(H,17,21)(H,18,23)(H,20,22). The van der Waals surface area contributed by atoms with Crippen molar-refractivity contribution in [2.45, 2.75) is 6.42 Å². The summed E-state index contributed by atoms with van der Waals surface area (Å²) in [5, 5.41) is 11.0. The van der Waals surface area contributed by atoms with Gasteiger partial charge < -0.3 is 15.4 Å². The molecule has 0 radical (unpaired) electrons. The Hall–Kier alpha value is -3.16. The van der Waals surface area contributed by atoms with Crippen LogP contribution in [0.5, 0.6) is 5.75 Å². The third-order valence-corrected chi connectivity index (χ3v) is 2.99. The van der Waals surface area contributed by atoms with Gasteiger partial charge in [0.05, 0.1) is 13.0 Å². The number of aromatic amines is 1. The zero-order valence-electron chi connectivity index (χ0n) is 13.0. The van der Waals surface area contributed by atoms with Crippen LogP contribution in [0.1, 0.15) is 16.9 Å². The van der Waals surface area contributed by atoms with Gasteiger partial charge in [-0.3, -0.25) is 14.4 Å². The SMILES string of the molecule is O=C(CCOc1ccccc1)NCCNC(=O)c1ccc(=O)[nH]n1. The van der Waals surface area contributed by atoms with Gasteiger partial charge in [0.1, 0.15) is 11.4 Å². The Morgan fingerprint density at radius 2 is 1.79 bits per heavy atom. The van der Waals surface area contributed by atoms with Crippen LogP contribution >= 0.6 is 0 Å². The van der Waals surface area contributed by atoms with Crippen molar-refractivity contribution in [2.75, 3.05) is 19.7 Å². The van der Waals surface area contributed by atoms with Crippen molar-refractivity contribution in [2.24, 2.45) is 0 Å². The highest BCUT2D eigenvalue weighted by Gasteiger charge is 2.07. The maximum absolute atomic E-state index is 11.7. The molecule has 2 rings (SSSR count). The van der Waals surface area contributed by atoms with Crippen LogP contribution in [0.2, 0.25) is 0 Å². The minimum atomic E-state index is -0.423. The summed E-state index contributed by atoms with van der Waals surface area (Å²) < 4.78 is 5.42. The average Bonchev–Trinajstić information content (AvgIpc) is 2.60. The number of hydrogen-bond donors (Lipinski definition) is 3. The van der Waals surface area contributed by atoms with E-state index in [4.69, 9.17) is 4.74 Å². The van der Waals surface area contributed by atoms with E-state index in [-0.39, 0.29) is 36.7 Å². The van der Waals surface area contributed by atoms with E-state index in [0.717, 1.165) is 0 Å². The van der Waals surface area contributed by atoms with Crippen molar-refractivity contribution < 1.29 is 14.3 Å². The largest absolute Gasteiger partial charge is 0.493 e. The average molecular weight is 330 g/mol. The van der Waals surface area contributed by atoms with Crippen LogP contribution < -0.4 is 20.9 Å². The number of nitrogens with one attached hydrogen (secondary N) is 3. The summed E-state index contributed by atoms with van der Waals surface area (Å²) in [6, 6.07) is 11.8. The second-order valence-corrected chi connectivity index (χ2v) is 4.82. The quantitative estimate of drug-likeness (QED) is 0.594. The third-order valence-electron chi connectivity index (χ3n) is 2.99. The van der Waals surface area contributed by atoms with Gasteiger partial charge in [-0.2, -0.15) is 5.10 Å². The van der Waals surface area contributed by atoms with Gasteiger partial charge in [-0.25, -0.2) is 5.10 Å². The van der Waals surface area contributed by atoms with Crippen molar-refractivity contribution in [3.63, 3.8) is 0 Å². The lowest BCUT2D eigenvalue weighted by atomic mass is 10.3. The molecule has 0 unspecified atom stereocenters. The van der Waals surface area contributed by atoms with Crippen molar-refractivity contribution >= 4 is 11.8 Å². The number of nitrogens with zero attached hydrogens (tertiary/aromatic N) is 1. The zero-order chi connectivity index (χ0) is 17.2. The lowest BCUT2D eigenvalue weighted by Crippen LogP contribution is -2.35. The molecule has 2 aromatic rings. The molecule has 0 aliphatic heterocycles. The van der Waals surface area contributed by atoms with E-state index in [9.17, 15) is 14.4 Å². The van der Waals surface area contributed by atoms with Crippen LogP contribution in [0, 0.1) is 0 Å². The molecule has 0 saturated carbocycles. The van der Waals surface area contributed by atoms with Crippen LogP contribution in [0.25, 0.3) is 0 Å². The van der Waals surface area contributed by atoms with Gasteiger partial charge in [0.15, 0.2) is 0 Å². The Morgan fingerprint density at radius 3 is 2.50 bits per heavy atom.